The summed E-state index contributed by atoms with van der Waals surface area (Å²) in [5.74, 6) is -0.233. The topological polar surface area (TPSA) is 87.1 Å². The minimum Gasteiger partial charge on any atom is -0.450 e. The predicted octanol–water partition coefficient (Wildman–Crippen LogP) is 5.03. The summed E-state index contributed by atoms with van der Waals surface area (Å²) in [5.41, 5.74) is 0.917. The summed E-state index contributed by atoms with van der Waals surface area (Å²) in [6, 6.07) is 10.7. The number of para-hydroxylation sites is 1. The van der Waals surface area contributed by atoms with E-state index in [1.807, 2.05) is 49.9 Å². The maximum Gasteiger partial charge on any atom is 0.409 e. The minimum absolute atomic E-state index is 0.0236. The zero-order chi connectivity index (χ0) is 30.3. The van der Waals surface area contributed by atoms with E-state index in [-0.39, 0.29) is 35.2 Å². The van der Waals surface area contributed by atoms with Crippen LogP contribution in [-0.2, 0) is 4.74 Å². The molecule has 1 unspecified atom stereocenters. The molecule has 0 radical (unpaired) electrons. The van der Waals surface area contributed by atoms with Crippen LogP contribution in [0, 0.1) is 0 Å². The Hall–Kier alpha value is -2.91. The molecule has 2 amide bonds. The van der Waals surface area contributed by atoms with Crippen LogP contribution in [0.4, 0.5) is 4.79 Å². The van der Waals surface area contributed by atoms with Crippen LogP contribution in [0.2, 0.25) is 0 Å². The van der Waals surface area contributed by atoms with Crippen LogP contribution in [0.25, 0.3) is 10.9 Å². The van der Waals surface area contributed by atoms with Crippen molar-refractivity contribution in [3.8, 4) is 0 Å². The third-order valence-corrected chi connectivity index (χ3v) is 9.71. The van der Waals surface area contributed by atoms with Gasteiger partial charge in [-0.05, 0) is 89.9 Å². The standard InChI is InChI=1S/C34H51N5O4/c1-4-43-34(42)37-20-18-36(19-21-37)16-10-6-5-7-11-17-38-28-14-15-29(38)24-27(23-28)35-32(40)30-22-26-12-8-9-13-31(26)39(25(2)3)33(30)41/h8-9,12-13,22,25,27-29H,4-7,10-11,14-21,23-24H2,1-3H3,(H,35,40)/t27?,28-,29+. The molecule has 3 aliphatic heterocycles. The van der Waals surface area contributed by atoms with E-state index in [4.69, 9.17) is 4.74 Å². The molecule has 0 saturated carbocycles. The van der Waals surface area contributed by atoms with Gasteiger partial charge < -0.3 is 19.5 Å². The Morgan fingerprint density at radius 2 is 1.58 bits per heavy atom. The number of piperazine rings is 1. The van der Waals surface area contributed by atoms with E-state index < -0.39 is 0 Å². The highest BCUT2D eigenvalue weighted by Gasteiger charge is 2.40. The molecule has 1 aromatic carbocycles. The van der Waals surface area contributed by atoms with Gasteiger partial charge in [-0.1, -0.05) is 37.5 Å². The van der Waals surface area contributed by atoms with Crippen molar-refractivity contribution >= 4 is 22.9 Å². The van der Waals surface area contributed by atoms with Gasteiger partial charge >= 0.3 is 6.09 Å². The molecule has 3 saturated heterocycles. The molecule has 9 nitrogen and oxygen atoms in total. The van der Waals surface area contributed by atoms with Crippen LogP contribution in [-0.4, -0.2) is 95.3 Å². The van der Waals surface area contributed by atoms with E-state index in [1.54, 1.807) is 10.6 Å². The fourth-order valence-electron chi connectivity index (χ4n) is 7.51. The number of pyridine rings is 1. The van der Waals surface area contributed by atoms with Crippen molar-refractivity contribution in [2.75, 3.05) is 45.9 Å². The number of nitrogens with one attached hydrogen (secondary N) is 1. The SMILES string of the molecule is CCOC(=O)N1CCN(CCCCCCCN2[C@@H]3CC[C@H]2CC(NC(=O)c2cc4ccccc4n(C(C)C)c2=O)C3)CC1. The van der Waals surface area contributed by atoms with Crippen molar-refractivity contribution in [1.29, 1.82) is 0 Å². The number of amides is 2. The number of carbonyl (C=O) groups is 2. The highest BCUT2D eigenvalue weighted by molar-refractivity contribution is 5.97. The van der Waals surface area contributed by atoms with E-state index in [2.05, 4.69) is 15.1 Å². The molecule has 1 N–H and O–H groups in total. The number of hydrogen-bond acceptors (Lipinski definition) is 6. The van der Waals surface area contributed by atoms with Crippen molar-refractivity contribution in [2.45, 2.75) is 103 Å². The largest absolute Gasteiger partial charge is 0.450 e. The summed E-state index contributed by atoms with van der Waals surface area (Å²) in [6.07, 6.45) is 10.4. The van der Waals surface area contributed by atoms with Gasteiger partial charge in [-0.2, -0.15) is 0 Å². The number of nitrogens with zero attached hydrogens (tertiary/aromatic N) is 4. The number of hydrogen-bond donors (Lipinski definition) is 1. The molecule has 1 aromatic heterocycles. The van der Waals surface area contributed by atoms with Crippen molar-refractivity contribution in [3.63, 3.8) is 0 Å². The second-order valence-electron chi connectivity index (χ2n) is 12.9. The van der Waals surface area contributed by atoms with E-state index in [9.17, 15) is 14.4 Å². The monoisotopic (exact) mass is 593 g/mol. The van der Waals surface area contributed by atoms with E-state index >= 15 is 0 Å². The highest BCUT2D eigenvalue weighted by atomic mass is 16.6. The first-order valence-corrected chi connectivity index (χ1v) is 16.7. The first-order valence-electron chi connectivity index (χ1n) is 16.7. The molecule has 4 heterocycles. The molecule has 3 aliphatic rings. The molecule has 0 spiro atoms. The Morgan fingerprint density at radius 3 is 2.26 bits per heavy atom. The molecule has 5 rings (SSSR count). The summed E-state index contributed by atoms with van der Waals surface area (Å²) >= 11 is 0. The fourth-order valence-corrected chi connectivity index (χ4v) is 7.51. The number of carbonyl (C=O) groups excluding carboxylic acids is 2. The predicted molar refractivity (Wildman–Crippen MR) is 171 cm³/mol. The fraction of sp³-hybridized carbons (Fsp3) is 0.676. The van der Waals surface area contributed by atoms with Gasteiger partial charge in [0.1, 0.15) is 5.56 Å². The van der Waals surface area contributed by atoms with Gasteiger partial charge in [0.15, 0.2) is 0 Å². The van der Waals surface area contributed by atoms with Crippen molar-refractivity contribution in [3.05, 3.63) is 46.2 Å². The van der Waals surface area contributed by atoms with Gasteiger partial charge in [-0.25, -0.2) is 4.79 Å². The van der Waals surface area contributed by atoms with Crippen LogP contribution in [0.1, 0.15) is 95.0 Å². The number of unbranched alkanes of at least 4 members (excludes halogenated alkanes) is 4. The van der Waals surface area contributed by atoms with E-state index in [0.717, 1.165) is 63.0 Å². The number of piperidine rings is 1. The van der Waals surface area contributed by atoms with Crippen LogP contribution >= 0.6 is 0 Å². The number of fused-ring (bicyclic) bond motifs is 3. The third kappa shape index (κ3) is 7.60. The molecule has 9 heteroatoms. The van der Waals surface area contributed by atoms with Crippen molar-refractivity contribution in [2.24, 2.45) is 0 Å². The highest BCUT2D eigenvalue weighted by Crippen LogP contribution is 2.36. The van der Waals surface area contributed by atoms with Gasteiger partial charge in [0.25, 0.3) is 11.5 Å². The molecule has 236 valence electrons. The number of rotatable bonds is 12. The molecule has 3 atom stereocenters. The summed E-state index contributed by atoms with van der Waals surface area (Å²) < 4.78 is 6.85. The molecular weight excluding hydrogens is 542 g/mol. The first-order chi connectivity index (χ1) is 20.9. The summed E-state index contributed by atoms with van der Waals surface area (Å²) in [4.78, 5) is 45.5. The van der Waals surface area contributed by atoms with E-state index in [0.29, 0.717) is 18.7 Å². The molecule has 3 fully saturated rings. The molecular formula is C34H51N5O4. The Bertz CT molecular complexity index is 1290. The molecule has 0 aliphatic carbocycles. The third-order valence-electron chi connectivity index (χ3n) is 9.71. The Morgan fingerprint density at radius 1 is 0.930 bits per heavy atom. The molecule has 43 heavy (non-hydrogen) atoms. The van der Waals surface area contributed by atoms with Crippen LogP contribution in [0.5, 0.6) is 0 Å². The van der Waals surface area contributed by atoms with Crippen LogP contribution < -0.4 is 10.9 Å². The quantitative estimate of drug-likeness (QED) is 0.348. The van der Waals surface area contributed by atoms with Gasteiger partial charge in [-0.15, -0.1) is 0 Å². The Kier molecular flexibility index (Phi) is 10.8. The zero-order valence-electron chi connectivity index (χ0n) is 26.4. The summed E-state index contributed by atoms with van der Waals surface area (Å²) in [7, 11) is 0. The van der Waals surface area contributed by atoms with Crippen molar-refractivity contribution in [1.82, 2.24) is 24.6 Å². The minimum atomic E-state index is -0.233. The number of ether oxygens (including phenoxy) is 1. The van der Waals surface area contributed by atoms with Crippen LogP contribution in [0.15, 0.2) is 35.1 Å². The van der Waals surface area contributed by atoms with Gasteiger partial charge in [0, 0.05) is 50.3 Å². The molecule has 2 aromatic rings. The van der Waals surface area contributed by atoms with Gasteiger partial charge in [-0.3, -0.25) is 19.4 Å². The van der Waals surface area contributed by atoms with Crippen molar-refractivity contribution < 1.29 is 14.3 Å². The second kappa shape index (κ2) is 14.7. The average Bonchev–Trinajstić information content (AvgIpc) is 3.23. The summed E-state index contributed by atoms with van der Waals surface area (Å²) in [5, 5.41) is 4.17. The maximum atomic E-state index is 13.4. The summed E-state index contributed by atoms with van der Waals surface area (Å²) in [6.45, 7) is 11.9. The first kappa shape index (κ1) is 31.5. The Balaban J connectivity index is 1.01. The Labute approximate surface area is 256 Å². The normalized spacial score (nSPS) is 22.8. The lowest BCUT2D eigenvalue weighted by Crippen LogP contribution is -2.51. The average molecular weight is 594 g/mol. The second-order valence-corrected chi connectivity index (χ2v) is 12.9. The lowest BCUT2D eigenvalue weighted by molar-refractivity contribution is 0.0789. The number of benzene rings is 1. The lowest BCUT2D eigenvalue weighted by atomic mass is 9.96. The zero-order valence-corrected chi connectivity index (χ0v) is 26.4. The van der Waals surface area contributed by atoms with Gasteiger partial charge in [0.05, 0.1) is 12.1 Å². The number of aromatic nitrogens is 1. The van der Waals surface area contributed by atoms with E-state index in [1.165, 1.54) is 44.9 Å². The molecule has 2 bridgehead atoms. The van der Waals surface area contributed by atoms with Crippen LogP contribution in [0.3, 0.4) is 0 Å². The lowest BCUT2D eigenvalue weighted by Gasteiger charge is -2.39. The smallest absolute Gasteiger partial charge is 0.409 e. The maximum absolute atomic E-state index is 13.4. The van der Waals surface area contributed by atoms with Gasteiger partial charge in [0.2, 0.25) is 0 Å².